The minimum Gasteiger partial charge on any atom is -0.374 e. The second kappa shape index (κ2) is 8.43. The molecule has 1 aliphatic heterocycles. The van der Waals surface area contributed by atoms with Crippen LogP contribution in [-0.2, 0) is 14.9 Å². The van der Waals surface area contributed by atoms with Gasteiger partial charge in [0.1, 0.15) is 0 Å². The highest BCUT2D eigenvalue weighted by Gasteiger charge is 2.30. The number of piperidine rings is 1. The molecule has 1 unspecified atom stereocenters. The Morgan fingerprint density at radius 1 is 1.33 bits per heavy atom. The fraction of sp³-hybridized carbons (Fsp3) is 1.00. The second-order valence-corrected chi connectivity index (χ2v) is 7.95. The van der Waals surface area contributed by atoms with Crippen LogP contribution in [0.3, 0.4) is 0 Å². The van der Waals surface area contributed by atoms with Crippen LogP contribution in [0.1, 0.15) is 40.5 Å². The van der Waals surface area contributed by atoms with Crippen molar-refractivity contribution in [2.75, 3.05) is 39.3 Å². The summed E-state index contributed by atoms with van der Waals surface area (Å²) in [5, 5.41) is 3.30. The predicted octanol–water partition coefficient (Wildman–Crippen LogP) is 0.957. The van der Waals surface area contributed by atoms with Crippen LogP contribution in [0.2, 0.25) is 0 Å². The summed E-state index contributed by atoms with van der Waals surface area (Å²) >= 11 is 0. The van der Waals surface area contributed by atoms with Gasteiger partial charge < -0.3 is 10.1 Å². The molecule has 0 aromatic carbocycles. The highest BCUT2D eigenvalue weighted by atomic mass is 32.2. The van der Waals surface area contributed by atoms with Gasteiger partial charge in [-0.1, -0.05) is 6.92 Å². The molecule has 0 bridgehead atoms. The van der Waals surface area contributed by atoms with Crippen molar-refractivity contribution in [2.24, 2.45) is 5.92 Å². The van der Waals surface area contributed by atoms with Crippen LogP contribution in [0, 0.1) is 5.92 Å². The first-order chi connectivity index (χ1) is 9.80. The number of rotatable bonds is 9. The van der Waals surface area contributed by atoms with Gasteiger partial charge in [0.15, 0.2) is 0 Å². The number of hydrogen-bond donors (Lipinski definition) is 2. The topological polar surface area (TPSA) is 70.7 Å². The minimum atomic E-state index is -3.42. The Bertz CT molecular complexity index is 398. The molecule has 126 valence electrons. The third-order valence-electron chi connectivity index (χ3n) is 3.72. The first-order valence-electron chi connectivity index (χ1n) is 7.90. The highest BCUT2D eigenvalue weighted by molar-refractivity contribution is 7.87. The summed E-state index contributed by atoms with van der Waals surface area (Å²) in [6, 6.07) is 0. The molecule has 2 N–H and O–H groups in total. The lowest BCUT2D eigenvalue weighted by Crippen LogP contribution is -2.50. The smallest absolute Gasteiger partial charge is 0.279 e. The molecule has 0 aromatic rings. The maximum Gasteiger partial charge on any atom is 0.279 e. The normalized spacial score (nSPS) is 21.6. The van der Waals surface area contributed by atoms with E-state index in [1.165, 1.54) is 0 Å². The van der Waals surface area contributed by atoms with Gasteiger partial charge in [-0.05, 0) is 52.6 Å². The molecule has 0 aromatic heterocycles. The van der Waals surface area contributed by atoms with Gasteiger partial charge in [-0.25, -0.2) is 0 Å². The molecule has 7 heteroatoms. The SMILES string of the molecule is CCNCC1CCCN(S(=O)(=O)NCC(C)(C)OCC)C1. The van der Waals surface area contributed by atoms with E-state index in [9.17, 15) is 8.42 Å². The van der Waals surface area contributed by atoms with E-state index >= 15 is 0 Å². The van der Waals surface area contributed by atoms with Crippen LogP contribution in [-0.4, -0.2) is 57.7 Å². The van der Waals surface area contributed by atoms with Crippen LogP contribution < -0.4 is 10.0 Å². The zero-order chi connectivity index (χ0) is 15.9. The fourth-order valence-electron chi connectivity index (χ4n) is 2.56. The van der Waals surface area contributed by atoms with Crippen LogP contribution in [0.4, 0.5) is 0 Å². The Morgan fingerprint density at radius 2 is 2.05 bits per heavy atom. The van der Waals surface area contributed by atoms with Crippen LogP contribution >= 0.6 is 0 Å². The number of ether oxygens (including phenoxy) is 1. The zero-order valence-corrected chi connectivity index (χ0v) is 14.6. The van der Waals surface area contributed by atoms with Gasteiger partial charge in [0, 0.05) is 26.2 Å². The van der Waals surface area contributed by atoms with Gasteiger partial charge in [-0.3, -0.25) is 0 Å². The van der Waals surface area contributed by atoms with Gasteiger partial charge >= 0.3 is 0 Å². The molecule has 21 heavy (non-hydrogen) atoms. The number of nitrogens with zero attached hydrogens (tertiary/aromatic N) is 1. The molecule has 1 aliphatic rings. The summed E-state index contributed by atoms with van der Waals surface area (Å²) < 4.78 is 34.6. The maximum absolute atomic E-state index is 12.4. The Morgan fingerprint density at radius 3 is 2.67 bits per heavy atom. The van der Waals surface area contributed by atoms with Gasteiger partial charge in [-0.2, -0.15) is 17.4 Å². The molecule has 6 nitrogen and oxygen atoms in total. The minimum absolute atomic E-state index is 0.289. The van der Waals surface area contributed by atoms with Crippen molar-refractivity contribution in [2.45, 2.75) is 46.1 Å². The van der Waals surface area contributed by atoms with E-state index in [1.807, 2.05) is 20.8 Å². The average molecular weight is 321 g/mol. The van der Waals surface area contributed by atoms with E-state index in [4.69, 9.17) is 4.74 Å². The quantitative estimate of drug-likeness (QED) is 0.663. The van der Waals surface area contributed by atoms with E-state index in [0.29, 0.717) is 25.6 Å². The molecule has 1 saturated heterocycles. The third kappa shape index (κ3) is 6.61. The lowest BCUT2D eigenvalue weighted by atomic mass is 10.00. The van der Waals surface area contributed by atoms with Crippen molar-refractivity contribution >= 4 is 10.2 Å². The molecule has 1 atom stereocenters. The van der Waals surface area contributed by atoms with Gasteiger partial charge in [0.05, 0.1) is 5.60 Å². The Balaban J connectivity index is 2.53. The summed E-state index contributed by atoms with van der Waals surface area (Å²) in [6.07, 6.45) is 2.01. The molecular formula is C14H31N3O3S. The maximum atomic E-state index is 12.4. The molecular weight excluding hydrogens is 290 g/mol. The van der Waals surface area contributed by atoms with Crippen molar-refractivity contribution in [3.8, 4) is 0 Å². The largest absolute Gasteiger partial charge is 0.374 e. The van der Waals surface area contributed by atoms with Gasteiger partial charge in [0.2, 0.25) is 0 Å². The van der Waals surface area contributed by atoms with Gasteiger partial charge in [-0.15, -0.1) is 0 Å². The summed E-state index contributed by atoms with van der Waals surface area (Å²) in [5.74, 6) is 0.398. The van der Waals surface area contributed by atoms with Gasteiger partial charge in [0.25, 0.3) is 10.2 Å². The summed E-state index contributed by atoms with van der Waals surface area (Å²) in [7, 11) is -3.42. The van der Waals surface area contributed by atoms with Crippen LogP contribution in [0.25, 0.3) is 0 Å². The lowest BCUT2D eigenvalue weighted by molar-refractivity contribution is -0.00544. The third-order valence-corrected chi connectivity index (χ3v) is 5.24. The lowest BCUT2D eigenvalue weighted by Gasteiger charge is -2.33. The molecule has 0 amide bonds. The molecule has 0 aliphatic carbocycles. The standard InChI is InChI=1S/C14H31N3O3S/c1-5-15-10-13-8-7-9-17(11-13)21(18,19)16-12-14(3,4)20-6-2/h13,15-16H,5-12H2,1-4H3. The van der Waals surface area contributed by atoms with Crippen molar-refractivity contribution in [3.63, 3.8) is 0 Å². The number of hydrogen-bond acceptors (Lipinski definition) is 4. The molecule has 0 radical (unpaired) electrons. The van der Waals surface area contributed by atoms with Crippen molar-refractivity contribution < 1.29 is 13.2 Å². The van der Waals surface area contributed by atoms with Crippen molar-refractivity contribution in [1.29, 1.82) is 0 Å². The van der Waals surface area contributed by atoms with E-state index < -0.39 is 15.8 Å². The van der Waals surface area contributed by atoms with Crippen LogP contribution in [0.5, 0.6) is 0 Å². The second-order valence-electron chi connectivity index (χ2n) is 6.19. The van der Waals surface area contributed by atoms with E-state index in [1.54, 1.807) is 4.31 Å². The fourth-order valence-corrected chi connectivity index (χ4v) is 4.05. The summed E-state index contributed by atoms with van der Waals surface area (Å²) in [6.45, 7) is 11.6. The molecule has 1 fully saturated rings. The highest BCUT2D eigenvalue weighted by Crippen LogP contribution is 2.18. The Kier molecular flexibility index (Phi) is 7.56. The summed E-state index contributed by atoms with van der Waals surface area (Å²) in [5.41, 5.74) is -0.485. The van der Waals surface area contributed by atoms with E-state index in [2.05, 4.69) is 17.0 Å². The molecule has 0 spiro atoms. The monoisotopic (exact) mass is 321 g/mol. The number of nitrogens with one attached hydrogen (secondary N) is 2. The predicted molar refractivity (Wildman–Crippen MR) is 85.5 cm³/mol. The van der Waals surface area contributed by atoms with Crippen LogP contribution in [0.15, 0.2) is 0 Å². The average Bonchev–Trinajstić information content (AvgIpc) is 2.44. The van der Waals surface area contributed by atoms with Crippen molar-refractivity contribution in [1.82, 2.24) is 14.3 Å². The molecule has 1 rings (SSSR count). The summed E-state index contributed by atoms with van der Waals surface area (Å²) in [4.78, 5) is 0. The Labute approximate surface area is 129 Å². The Hall–Kier alpha value is -0.210. The first-order valence-corrected chi connectivity index (χ1v) is 9.34. The van der Waals surface area contributed by atoms with Crippen molar-refractivity contribution in [3.05, 3.63) is 0 Å². The zero-order valence-electron chi connectivity index (χ0n) is 13.8. The van der Waals surface area contributed by atoms with E-state index in [-0.39, 0.29) is 6.54 Å². The molecule has 1 heterocycles. The first kappa shape index (κ1) is 18.8. The van der Waals surface area contributed by atoms with E-state index in [0.717, 1.165) is 25.9 Å². The molecule has 0 saturated carbocycles.